The monoisotopic (exact) mass is 210 g/mol. The molecule has 14 heavy (non-hydrogen) atoms. The maximum atomic E-state index is 12.1. The number of aryl methyl sites for hydroxylation is 1. The average molecular weight is 211 g/mol. The molecule has 0 aliphatic heterocycles. The lowest BCUT2D eigenvalue weighted by Crippen LogP contribution is -2.41. The molecular formula is C11H11ClO2. The largest absolute Gasteiger partial charge is 0.441 e. The third kappa shape index (κ3) is 0.949. The lowest BCUT2D eigenvalue weighted by molar-refractivity contribution is 0.0519. The van der Waals surface area contributed by atoms with Gasteiger partial charge in [0.2, 0.25) is 5.78 Å². The zero-order chi connectivity index (χ0) is 9.76. The van der Waals surface area contributed by atoms with Crippen molar-refractivity contribution in [3.8, 4) is 0 Å². The highest BCUT2D eigenvalue weighted by atomic mass is 35.5. The number of furan rings is 1. The second-order valence-corrected chi connectivity index (χ2v) is 4.74. The molecule has 2 aliphatic rings. The normalized spacial score (nSPS) is 23.4. The van der Waals surface area contributed by atoms with Gasteiger partial charge in [0.05, 0.1) is 0 Å². The topological polar surface area (TPSA) is 30.2 Å². The molecular weight excluding hydrogens is 200 g/mol. The minimum atomic E-state index is -0.0752. The minimum absolute atomic E-state index is 0.0752. The summed E-state index contributed by atoms with van der Waals surface area (Å²) in [5.74, 6) is 0.720. The molecule has 0 atom stereocenters. The van der Waals surface area contributed by atoms with Crippen molar-refractivity contribution >= 4 is 17.4 Å². The quantitative estimate of drug-likeness (QED) is 0.658. The lowest BCUT2D eigenvalue weighted by atomic mass is 9.60. The van der Waals surface area contributed by atoms with Gasteiger partial charge in [-0.15, -0.1) is 0 Å². The molecule has 74 valence electrons. The van der Waals surface area contributed by atoms with E-state index in [1.807, 2.05) is 0 Å². The van der Waals surface area contributed by atoms with E-state index in [1.165, 1.54) is 6.42 Å². The van der Waals surface area contributed by atoms with Crippen LogP contribution in [0.25, 0.3) is 0 Å². The minimum Gasteiger partial charge on any atom is -0.441 e. The van der Waals surface area contributed by atoms with Crippen molar-refractivity contribution < 1.29 is 9.21 Å². The first-order valence-corrected chi connectivity index (χ1v) is 5.42. The molecule has 1 aromatic heterocycles. The van der Waals surface area contributed by atoms with Crippen molar-refractivity contribution in [3.63, 3.8) is 0 Å². The Morgan fingerprint density at radius 3 is 2.79 bits per heavy atom. The van der Waals surface area contributed by atoms with Gasteiger partial charge in [-0.25, -0.2) is 0 Å². The van der Waals surface area contributed by atoms with Gasteiger partial charge in [0, 0.05) is 11.0 Å². The van der Waals surface area contributed by atoms with E-state index in [-0.39, 0.29) is 11.2 Å². The standard InChI is InChI=1S/C11H11ClO2/c12-8-6-7-2-5-11(3-1-4-11)10(13)9(7)14-8/h6H,1-5H2. The number of hydrogen-bond acceptors (Lipinski definition) is 2. The van der Waals surface area contributed by atoms with Crippen LogP contribution < -0.4 is 0 Å². The highest BCUT2D eigenvalue weighted by Crippen LogP contribution is 2.50. The van der Waals surface area contributed by atoms with Gasteiger partial charge in [0.15, 0.2) is 11.0 Å². The summed E-state index contributed by atoms with van der Waals surface area (Å²) in [4.78, 5) is 12.1. The van der Waals surface area contributed by atoms with Gasteiger partial charge >= 0.3 is 0 Å². The highest BCUT2D eigenvalue weighted by molar-refractivity contribution is 6.29. The molecule has 1 aromatic rings. The molecule has 0 amide bonds. The van der Waals surface area contributed by atoms with Crippen molar-refractivity contribution in [2.24, 2.45) is 5.41 Å². The van der Waals surface area contributed by atoms with Crippen molar-refractivity contribution in [2.45, 2.75) is 32.1 Å². The van der Waals surface area contributed by atoms with Gasteiger partial charge in [-0.05, 0) is 43.4 Å². The van der Waals surface area contributed by atoms with Crippen LogP contribution in [-0.2, 0) is 6.42 Å². The Balaban J connectivity index is 2.06. The summed E-state index contributed by atoms with van der Waals surface area (Å²) < 4.78 is 5.27. The molecule has 1 saturated carbocycles. The molecule has 0 bridgehead atoms. The molecule has 0 unspecified atom stereocenters. The Hall–Kier alpha value is -0.760. The third-order valence-electron chi connectivity index (χ3n) is 3.65. The molecule has 2 nitrogen and oxygen atoms in total. The fourth-order valence-electron chi connectivity index (χ4n) is 2.58. The summed E-state index contributed by atoms with van der Waals surface area (Å²) in [5.41, 5.74) is 0.922. The molecule has 2 aliphatic carbocycles. The van der Waals surface area contributed by atoms with Gasteiger partial charge in [0.1, 0.15) is 0 Å². The van der Waals surface area contributed by atoms with Crippen LogP contribution in [0.15, 0.2) is 10.5 Å². The summed E-state index contributed by atoms with van der Waals surface area (Å²) in [5, 5.41) is 0.347. The van der Waals surface area contributed by atoms with Crippen LogP contribution in [0, 0.1) is 5.41 Å². The second-order valence-electron chi connectivity index (χ2n) is 4.37. The van der Waals surface area contributed by atoms with Crippen LogP contribution >= 0.6 is 11.6 Å². The van der Waals surface area contributed by atoms with E-state index in [0.29, 0.717) is 11.0 Å². The number of carbonyl (C=O) groups excluding carboxylic acids is 1. The zero-order valence-electron chi connectivity index (χ0n) is 7.81. The molecule has 1 heterocycles. The van der Waals surface area contributed by atoms with Crippen LogP contribution in [0.3, 0.4) is 0 Å². The summed E-state index contributed by atoms with van der Waals surface area (Å²) in [6.07, 6.45) is 5.16. The van der Waals surface area contributed by atoms with Gasteiger partial charge in [-0.2, -0.15) is 0 Å². The summed E-state index contributed by atoms with van der Waals surface area (Å²) >= 11 is 5.75. The van der Waals surface area contributed by atoms with Crippen molar-refractivity contribution in [3.05, 3.63) is 22.6 Å². The fraction of sp³-hybridized carbons (Fsp3) is 0.545. The molecule has 3 rings (SSSR count). The number of hydrogen-bond donors (Lipinski definition) is 0. The first-order chi connectivity index (χ1) is 6.71. The number of ketones is 1. The van der Waals surface area contributed by atoms with E-state index in [0.717, 1.165) is 31.2 Å². The molecule has 0 saturated heterocycles. The smallest absolute Gasteiger partial charge is 0.204 e. The molecule has 3 heteroatoms. The van der Waals surface area contributed by atoms with Gasteiger partial charge in [-0.3, -0.25) is 4.79 Å². The number of fused-ring (bicyclic) bond motifs is 1. The third-order valence-corrected chi connectivity index (χ3v) is 3.84. The maximum absolute atomic E-state index is 12.1. The Kier molecular flexibility index (Phi) is 1.61. The van der Waals surface area contributed by atoms with Crippen molar-refractivity contribution in [1.29, 1.82) is 0 Å². The van der Waals surface area contributed by atoms with E-state index in [9.17, 15) is 4.79 Å². The lowest BCUT2D eigenvalue weighted by Gasteiger charge is -2.42. The van der Waals surface area contributed by atoms with Crippen LogP contribution in [0.1, 0.15) is 41.8 Å². The Labute approximate surface area is 87.2 Å². The SMILES string of the molecule is O=C1c2oc(Cl)cc2CCC12CCC2. The van der Waals surface area contributed by atoms with Gasteiger partial charge in [0.25, 0.3) is 0 Å². The molecule has 1 fully saturated rings. The highest BCUT2D eigenvalue weighted by Gasteiger charge is 2.48. The molecule has 0 aromatic carbocycles. The van der Waals surface area contributed by atoms with Crippen molar-refractivity contribution in [2.75, 3.05) is 0 Å². The maximum Gasteiger partial charge on any atom is 0.204 e. The van der Waals surface area contributed by atoms with E-state index in [2.05, 4.69) is 0 Å². The van der Waals surface area contributed by atoms with Gasteiger partial charge in [-0.1, -0.05) is 6.42 Å². The van der Waals surface area contributed by atoms with E-state index >= 15 is 0 Å². The molecule has 0 N–H and O–H groups in total. The Bertz CT molecular complexity index is 401. The number of rotatable bonds is 0. The fourth-order valence-corrected chi connectivity index (χ4v) is 2.79. The Morgan fingerprint density at radius 1 is 1.36 bits per heavy atom. The first-order valence-electron chi connectivity index (χ1n) is 5.04. The van der Waals surface area contributed by atoms with E-state index < -0.39 is 0 Å². The van der Waals surface area contributed by atoms with Gasteiger partial charge < -0.3 is 4.42 Å². The second kappa shape index (κ2) is 2.63. The molecule has 0 radical (unpaired) electrons. The van der Waals surface area contributed by atoms with Crippen LogP contribution in [0.4, 0.5) is 0 Å². The average Bonchev–Trinajstić information content (AvgIpc) is 2.44. The number of carbonyl (C=O) groups is 1. The van der Waals surface area contributed by atoms with E-state index in [1.54, 1.807) is 6.07 Å². The zero-order valence-corrected chi connectivity index (χ0v) is 8.56. The predicted molar refractivity (Wildman–Crippen MR) is 52.7 cm³/mol. The molecule has 1 spiro atoms. The summed E-state index contributed by atoms with van der Waals surface area (Å²) in [6.45, 7) is 0. The van der Waals surface area contributed by atoms with Crippen LogP contribution in [-0.4, -0.2) is 5.78 Å². The Morgan fingerprint density at radius 2 is 2.14 bits per heavy atom. The summed E-state index contributed by atoms with van der Waals surface area (Å²) in [6, 6.07) is 1.78. The van der Waals surface area contributed by atoms with E-state index in [4.69, 9.17) is 16.0 Å². The predicted octanol–water partition coefficient (Wildman–Crippen LogP) is 3.23. The van der Waals surface area contributed by atoms with Crippen molar-refractivity contribution in [1.82, 2.24) is 0 Å². The first kappa shape index (κ1) is 8.54. The van der Waals surface area contributed by atoms with Crippen LogP contribution in [0.2, 0.25) is 5.22 Å². The number of Topliss-reactive ketones (excluding diaryl/α,β-unsaturated/α-hetero) is 1. The number of halogens is 1. The van der Waals surface area contributed by atoms with Crippen LogP contribution in [0.5, 0.6) is 0 Å². The summed E-state index contributed by atoms with van der Waals surface area (Å²) in [7, 11) is 0.